The third kappa shape index (κ3) is 4.12. The molecule has 0 fully saturated rings. The maximum Gasteiger partial charge on any atom is 0.417 e. The Labute approximate surface area is 173 Å². The van der Waals surface area contributed by atoms with Gasteiger partial charge in [0.15, 0.2) is 17.2 Å². The molecular formula is C20H16BrF3N4O. The normalized spacial score (nSPS) is 11.9. The van der Waals surface area contributed by atoms with Gasteiger partial charge in [-0.1, -0.05) is 18.2 Å². The van der Waals surface area contributed by atoms with Gasteiger partial charge in [0, 0.05) is 12.6 Å². The van der Waals surface area contributed by atoms with Crippen LogP contribution < -0.4 is 4.74 Å². The summed E-state index contributed by atoms with van der Waals surface area (Å²) in [7, 11) is 1.59. The standard InChI is InChI=1S/C20H16BrF3N4O/c1-19(2,29-16-9-8-12(11-25)10-15(16)21)18-27-26-17(28(18)3)13-6-4-5-7-14(13)20(22,23)24/h4-10H,1-3H3. The van der Waals surface area contributed by atoms with Crippen molar-refractivity contribution in [1.82, 2.24) is 14.8 Å². The fourth-order valence-electron chi connectivity index (χ4n) is 2.99. The largest absolute Gasteiger partial charge is 0.479 e. The summed E-state index contributed by atoms with van der Waals surface area (Å²) in [6.07, 6.45) is -4.51. The van der Waals surface area contributed by atoms with Crippen LogP contribution in [0.15, 0.2) is 46.9 Å². The van der Waals surface area contributed by atoms with E-state index in [9.17, 15) is 13.2 Å². The number of nitrogens with zero attached hydrogens (tertiary/aromatic N) is 4. The average Bonchev–Trinajstić information content (AvgIpc) is 3.05. The lowest BCUT2D eigenvalue weighted by Crippen LogP contribution is -2.29. The quantitative estimate of drug-likeness (QED) is 0.514. The Hall–Kier alpha value is -2.86. The fraction of sp³-hybridized carbons (Fsp3) is 0.250. The van der Waals surface area contributed by atoms with E-state index in [0.29, 0.717) is 21.6 Å². The molecule has 0 aliphatic heterocycles. The van der Waals surface area contributed by atoms with Crippen LogP contribution in [0.5, 0.6) is 5.75 Å². The Balaban J connectivity index is 2.00. The van der Waals surface area contributed by atoms with Gasteiger partial charge in [0.25, 0.3) is 0 Å². The third-order valence-electron chi connectivity index (χ3n) is 4.31. The molecule has 2 aromatic carbocycles. The summed E-state index contributed by atoms with van der Waals surface area (Å²) in [5.74, 6) is 0.901. The number of ether oxygens (including phenoxy) is 1. The van der Waals surface area contributed by atoms with Crippen LogP contribution in [0.1, 0.15) is 30.8 Å². The van der Waals surface area contributed by atoms with E-state index in [0.717, 1.165) is 6.07 Å². The zero-order valence-corrected chi connectivity index (χ0v) is 17.3. The van der Waals surface area contributed by atoms with Gasteiger partial charge in [-0.25, -0.2) is 0 Å². The van der Waals surface area contributed by atoms with Crippen LogP contribution in [-0.2, 0) is 18.8 Å². The number of rotatable bonds is 4. The molecule has 0 bridgehead atoms. The summed E-state index contributed by atoms with van der Waals surface area (Å²) >= 11 is 3.36. The molecule has 0 unspecified atom stereocenters. The second-order valence-corrected chi connectivity index (χ2v) is 7.67. The summed E-state index contributed by atoms with van der Waals surface area (Å²) in [4.78, 5) is 0. The molecule has 0 saturated carbocycles. The van der Waals surface area contributed by atoms with E-state index >= 15 is 0 Å². The highest BCUT2D eigenvalue weighted by Crippen LogP contribution is 2.38. The first-order chi connectivity index (χ1) is 13.5. The topological polar surface area (TPSA) is 63.7 Å². The van der Waals surface area contributed by atoms with Crippen LogP contribution in [-0.4, -0.2) is 14.8 Å². The van der Waals surface area contributed by atoms with Crippen molar-refractivity contribution in [3.8, 4) is 23.2 Å². The second-order valence-electron chi connectivity index (χ2n) is 6.82. The molecule has 0 aliphatic carbocycles. The van der Waals surface area contributed by atoms with Gasteiger partial charge in [0.05, 0.1) is 21.7 Å². The Bertz CT molecular complexity index is 1100. The molecule has 0 amide bonds. The summed E-state index contributed by atoms with van der Waals surface area (Å²) in [5, 5.41) is 17.1. The fourth-order valence-corrected chi connectivity index (χ4v) is 3.45. The zero-order chi connectivity index (χ0) is 21.4. The van der Waals surface area contributed by atoms with Crippen molar-refractivity contribution < 1.29 is 17.9 Å². The number of hydrogen-bond donors (Lipinski definition) is 0. The first-order valence-electron chi connectivity index (χ1n) is 8.49. The highest BCUT2D eigenvalue weighted by atomic mass is 79.9. The minimum Gasteiger partial charge on any atom is -0.479 e. The van der Waals surface area contributed by atoms with E-state index in [-0.39, 0.29) is 11.4 Å². The predicted molar refractivity (Wildman–Crippen MR) is 104 cm³/mol. The number of aromatic nitrogens is 3. The van der Waals surface area contributed by atoms with Crippen molar-refractivity contribution in [2.75, 3.05) is 0 Å². The highest BCUT2D eigenvalue weighted by molar-refractivity contribution is 9.10. The van der Waals surface area contributed by atoms with Gasteiger partial charge >= 0.3 is 6.18 Å². The smallest absolute Gasteiger partial charge is 0.417 e. The molecule has 0 N–H and O–H groups in total. The van der Waals surface area contributed by atoms with Crippen molar-refractivity contribution >= 4 is 15.9 Å². The van der Waals surface area contributed by atoms with Crippen LogP contribution in [0.4, 0.5) is 13.2 Å². The molecule has 5 nitrogen and oxygen atoms in total. The van der Waals surface area contributed by atoms with Crippen molar-refractivity contribution in [2.24, 2.45) is 7.05 Å². The van der Waals surface area contributed by atoms with Crippen LogP contribution in [0.3, 0.4) is 0 Å². The van der Waals surface area contributed by atoms with Crippen molar-refractivity contribution in [2.45, 2.75) is 25.6 Å². The summed E-state index contributed by atoms with van der Waals surface area (Å²) in [6, 6.07) is 12.1. The molecule has 0 radical (unpaired) electrons. The Morgan fingerprint density at radius 1 is 1.10 bits per heavy atom. The van der Waals surface area contributed by atoms with Crippen molar-refractivity contribution in [1.29, 1.82) is 5.26 Å². The van der Waals surface area contributed by atoms with E-state index in [1.165, 1.54) is 22.8 Å². The predicted octanol–water partition coefficient (Wildman–Crippen LogP) is 5.45. The molecule has 0 spiro atoms. The van der Waals surface area contributed by atoms with E-state index in [1.807, 2.05) is 6.07 Å². The Morgan fingerprint density at radius 3 is 2.41 bits per heavy atom. The molecule has 1 aromatic heterocycles. The van der Waals surface area contributed by atoms with E-state index in [1.54, 1.807) is 39.1 Å². The Morgan fingerprint density at radius 2 is 1.79 bits per heavy atom. The molecule has 3 rings (SSSR count). The number of alkyl halides is 3. The van der Waals surface area contributed by atoms with Crippen LogP contribution >= 0.6 is 15.9 Å². The minimum atomic E-state index is -4.51. The molecule has 0 saturated heterocycles. The van der Waals surface area contributed by atoms with Crippen molar-refractivity contribution in [3.05, 3.63) is 63.9 Å². The lowest BCUT2D eigenvalue weighted by molar-refractivity contribution is -0.137. The minimum absolute atomic E-state index is 0.0587. The van der Waals surface area contributed by atoms with Gasteiger partial charge in [-0.05, 0) is 54.0 Å². The number of hydrogen-bond acceptors (Lipinski definition) is 4. The molecule has 150 valence electrons. The first kappa shape index (κ1) is 20.9. The molecular weight excluding hydrogens is 449 g/mol. The summed E-state index contributed by atoms with van der Waals surface area (Å²) in [5.41, 5.74) is -1.39. The molecule has 0 atom stereocenters. The van der Waals surface area contributed by atoms with E-state index in [2.05, 4.69) is 26.1 Å². The van der Waals surface area contributed by atoms with E-state index < -0.39 is 17.3 Å². The maximum absolute atomic E-state index is 13.4. The van der Waals surface area contributed by atoms with Gasteiger partial charge in [-0.15, -0.1) is 10.2 Å². The van der Waals surface area contributed by atoms with Crippen LogP contribution in [0.25, 0.3) is 11.4 Å². The van der Waals surface area contributed by atoms with Gasteiger partial charge < -0.3 is 9.30 Å². The van der Waals surface area contributed by atoms with Crippen molar-refractivity contribution in [3.63, 3.8) is 0 Å². The monoisotopic (exact) mass is 464 g/mol. The van der Waals surface area contributed by atoms with Gasteiger partial charge in [-0.2, -0.15) is 18.4 Å². The first-order valence-corrected chi connectivity index (χ1v) is 9.29. The Kier molecular flexibility index (Phi) is 5.41. The average molecular weight is 465 g/mol. The second kappa shape index (κ2) is 7.52. The number of nitriles is 1. The summed E-state index contributed by atoms with van der Waals surface area (Å²) in [6.45, 7) is 3.47. The number of benzene rings is 2. The SMILES string of the molecule is Cn1c(-c2ccccc2C(F)(F)F)nnc1C(C)(C)Oc1ccc(C#N)cc1Br. The molecule has 1 heterocycles. The summed E-state index contributed by atoms with van der Waals surface area (Å²) < 4.78 is 48.3. The zero-order valence-electron chi connectivity index (χ0n) is 15.8. The lowest BCUT2D eigenvalue weighted by atomic mass is 10.1. The molecule has 3 aromatic rings. The highest BCUT2D eigenvalue weighted by Gasteiger charge is 2.36. The third-order valence-corrected chi connectivity index (χ3v) is 4.93. The molecule has 9 heteroatoms. The van der Waals surface area contributed by atoms with Crippen LogP contribution in [0, 0.1) is 11.3 Å². The van der Waals surface area contributed by atoms with Gasteiger partial charge in [0.2, 0.25) is 0 Å². The molecule has 0 aliphatic rings. The van der Waals surface area contributed by atoms with E-state index in [4.69, 9.17) is 10.00 Å². The maximum atomic E-state index is 13.4. The number of halogens is 4. The van der Waals surface area contributed by atoms with Crippen LogP contribution in [0.2, 0.25) is 0 Å². The molecule has 29 heavy (non-hydrogen) atoms. The lowest BCUT2D eigenvalue weighted by Gasteiger charge is -2.26. The van der Waals surface area contributed by atoms with Gasteiger partial charge in [-0.3, -0.25) is 0 Å². The van der Waals surface area contributed by atoms with Gasteiger partial charge in [0.1, 0.15) is 5.75 Å².